The first-order valence-electron chi connectivity index (χ1n) is 12.5. The van der Waals surface area contributed by atoms with Gasteiger partial charge in [-0.25, -0.2) is 23.0 Å². The molecule has 0 aliphatic carbocycles. The van der Waals surface area contributed by atoms with Gasteiger partial charge in [0, 0.05) is 5.56 Å². The van der Waals surface area contributed by atoms with Crippen molar-refractivity contribution >= 4 is 50.8 Å². The van der Waals surface area contributed by atoms with E-state index in [1.807, 2.05) is 0 Å². The molecule has 2 aliphatic heterocycles. The summed E-state index contributed by atoms with van der Waals surface area (Å²) in [4.78, 5) is 64.2. The van der Waals surface area contributed by atoms with Crippen molar-refractivity contribution in [1.82, 2.24) is 0 Å². The molecule has 214 valence electrons. The van der Waals surface area contributed by atoms with Crippen molar-refractivity contribution in [3.63, 3.8) is 0 Å². The van der Waals surface area contributed by atoms with Gasteiger partial charge < -0.3 is 15.3 Å². The van der Waals surface area contributed by atoms with Gasteiger partial charge >= 0.3 is 5.97 Å². The Morgan fingerprint density at radius 1 is 0.581 bits per heavy atom. The van der Waals surface area contributed by atoms with E-state index in [1.165, 1.54) is 78.9 Å². The smallest absolute Gasteiger partial charge is 0.335 e. The fourth-order valence-corrected chi connectivity index (χ4v) is 6.21. The second-order valence-corrected chi connectivity index (χ2v) is 11.6. The van der Waals surface area contributed by atoms with E-state index in [0.29, 0.717) is 0 Å². The largest absolute Gasteiger partial charge is 0.478 e. The molecule has 0 aromatic heterocycles. The van der Waals surface area contributed by atoms with E-state index in [4.69, 9.17) is 0 Å². The molecule has 0 saturated carbocycles. The number of anilines is 2. The molecule has 0 atom stereocenters. The van der Waals surface area contributed by atoms with Gasteiger partial charge in [-0.15, -0.1) is 0 Å². The highest BCUT2D eigenvalue weighted by Crippen LogP contribution is 2.33. The fourth-order valence-electron chi connectivity index (χ4n) is 4.95. The zero-order valence-corrected chi connectivity index (χ0v) is 22.5. The van der Waals surface area contributed by atoms with Crippen molar-refractivity contribution in [3.8, 4) is 0 Å². The molecule has 4 aromatic carbocycles. The van der Waals surface area contributed by atoms with Crippen LogP contribution >= 0.6 is 0 Å². The van der Waals surface area contributed by atoms with E-state index in [0.717, 1.165) is 15.9 Å². The average Bonchev–Trinajstić information content (AvgIpc) is 3.40. The van der Waals surface area contributed by atoms with Gasteiger partial charge in [0.05, 0.1) is 49.0 Å². The molecule has 2 heterocycles. The number of carboxylic acid groups (broad SMARTS) is 1. The number of carbonyl (C=O) groups excluding carboxylic acids is 4. The zero-order valence-electron chi connectivity index (χ0n) is 21.7. The molecule has 43 heavy (non-hydrogen) atoms. The van der Waals surface area contributed by atoms with Gasteiger partial charge in [0.2, 0.25) is 9.84 Å². The quantitative estimate of drug-likeness (QED) is 0.220. The minimum absolute atomic E-state index is 0.0206. The van der Waals surface area contributed by atoms with Crippen LogP contribution in [0.3, 0.4) is 0 Å². The Labute approximate surface area is 242 Å². The number of nitrogens with zero attached hydrogens (tertiary/aromatic N) is 2. The van der Waals surface area contributed by atoms with Gasteiger partial charge in [-0.3, -0.25) is 19.2 Å². The zero-order chi connectivity index (χ0) is 30.8. The van der Waals surface area contributed by atoms with E-state index >= 15 is 0 Å². The summed E-state index contributed by atoms with van der Waals surface area (Å²) < 4.78 is 26.6. The summed E-state index contributed by atoms with van der Waals surface area (Å²) in [5, 5.41) is 28.0. The van der Waals surface area contributed by atoms with Crippen LogP contribution in [0.2, 0.25) is 0 Å². The van der Waals surface area contributed by atoms with Crippen molar-refractivity contribution in [2.45, 2.75) is 16.1 Å². The summed E-state index contributed by atoms with van der Waals surface area (Å²) in [6, 6.07) is 17.4. The minimum Gasteiger partial charge on any atom is -0.478 e. The Kier molecular flexibility index (Phi) is 6.31. The molecule has 4 amide bonds. The molecule has 3 N–H and O–H groups in total. The van der Waals surface area contributed by atoms with Crippen LogP contribution in [-0.2, 0) is 9.84 Å². The molecular formula is C30H18N2O10S. The number of carboxylic acids is 1. The third kappa shape index (κ3) is 4.30. The highest BCUT2D eigenvalue weighted by molar-refractivity contribution is 7.91. The number of benzene rings is 4. The molecule has 0 radical (unpaired) electrons. The van der Waals surface area contributed by atoms with Crippen molar-refractivity contribution in [3.05, 3.63) is 118 Å². The Morgan fingerprint density at radius 2 is 1.00 bits per heavy atom. The highest BCUT2D eigenvalue weighted by atomic mass is 32.2. The van der Waals surface area contributed by atoms with Gasteiger partial charge in [0.25, 0.3) is 23.6 Å². The summed E-state index contributed by atoms with van der Waals surface area (Å²) in [5.74, 6) is -4.05. The molecule has 4 aromatic rings. The monoisotopic (exact) mass is 598 g/mol. The molecule has 0 unspecified atom stereocenters. The van der Waals surface area contributed by atoms with Gasteiger partial charge in [-0.1, -0.05) is 6.07 Å². The van der Waals surface area contributed by atoms with E-state index < -0.39 is 45.7 Å². The number of fused-ring (bicyclic) bond motifs is 2. The Hall–Kier alpha value is -5.50. The molecule has 12 nitrogen and oxygen atoms in total. The Balaban J connectivity index is 1.24. The first kappa shape index (κ1) is 27.7. The van der Waals surface area contributed by atoms with Crippen LogP contribution in [0.5, 0.6) is 0 Å². The van der Waals surface area contributed by atoms with Crippen molar-refractivity contribution in [2.24, 2.45) is 0 Å². The molecule has 0 fully saturated rings. The molecule has 0 saturated heterocycles. The van der Waals surface area contributed by atoms with Gasteiger partial charge in [-0.2, -0.15) is 0 Å². The van der Waals surface area contributed by atoms with E-state index in [2.05, 4.69) is 0 Å². The summed E-state index contributed by atoms with van der Waals surface area (Å²) in [5.41, 5.74) is 0.0439. The average molecular weight is 599 g/mol. The van der Waals surface area contributed by atoms with E-state index in [1.54, 1.807) is 0 Å². The number of amides is 4. The van der Waals surface area contributed by atoms with E-state index in [9.17, 15) is 47.7 Å². The van der Waals surface area contributed by atoms with Gasteiger partial charge in [0.15, 0.2) is 6.29 Å². The lowest BCUT2D eigenvalue weighted by molar-refractivity contribution is -0.0425. The SMILES string of the molecule is O=C(O)c1ccc2c(c1)C(=O)N(c1ccc(S(=O)(=O)c3ccc(N4C(=O)c5ccc(C(O)O)cc5C4=O)cc3)cc1)C2=O. The van der Waals surface area contributed by atoms with Crippen molar-refractivity contribution < 1.29 is 47.7 Å². The maximum Gasteiger partial charge on any atom is 0.335 e. The molecule has 0 bridgehead atoms. The number of carbonyl (C=O) groups is 5. The summed E-state index contributed by atoms with van der Waals surface area (Å²) >= 11 is 0. The number of aromatic carboxylic acids is 1. The summed E-state index contributed by atoms with van der Waals surface area (Å²) in [7, 11) is -4.11. The number of aliphatic hydroxyl groups is 2. The van der Waals surface area contributed by atoms with Crippen LogP contribution in [0, 0.1) is 0 Å². The first-order chi connectivity index (χ1) is 20.4. The molecule has 0 spiro atoms. The number of imide groups is 2. The maximum atomic E-state index is 13.3. The lowest BCUT2D eigenvalue weighted by atomic mass is 10.1. The number of aliphatic hydroxyl groups excluding tert-OH is 1. The third-order valence-corrected chi connectivity index (χ3v) is 8.94. The maximum absolute atomic E-state index is 13.3. The normalized spacial score (nSPS) is 14.5. The van der Waals surface area contributed by atoms with Crippen molar-refractivity contribution in [2.75, 3.05) is 9.80 Å². The number of hydrogen-bond acceptors (Lipinski definition) is 9. The number of rotatable bonds is 6. The Morgan fingerprint density at radius 3 is 1.44 bits per heavy atom. The highest BCUT2D eigenvalue weighted by Gasteiger charge is 2.38. The predicted molar refractivity (Wildman–Crippen MR) is 148 cm³/mol. The van der Waals surface area contributed by atoms with Crippen LogP contribution in [-0.4, -0.2) is 53.3 Å². The van der Waals surface area contributed by atoms with Crippen LogP contribution in [0.1, 0.15) is 63.6 Å². The summed E-state index contributed by atoms with van der Waals surface area (Å²) in [6.07, 6.45) is -1.83. The lowest BCUT2D eigenvalue weighted by Crippen LogP contribution is -2.29. The fraction of sp³-hybridized carbons (Fsp3) is 0.0333. The van der Waals surface area contributed by atoms with E-state index in [-0.39, 0.29) is 54.5 Å². The van der Waals surface area contributed by atoms with Crippen LogP contribution < -0.4 is 9.80 Å². The summed E-state index contributed by atoms with van der Waals surface area (Å²) in [6.45, 7) is 0. The van der Waals surface area contributed by atoms with Crippen LogP contribution in [0.4, 0.5) is 11.4 Å². The topological polar surface area (TPSA) is 187 Å². The third-order valence-electron chi connectivity index (χ3n) is 7.15. The molecule has 6 rings (SSSR count). The van der Waals surface area contributed by atoms with Gasteiger partial charge in [-0.05, 0) is 78.9 Å². The number of hydrogen-bond donors (Lipinski definition) is 3. The lowest BCUT2D eigenvalue weighted by Gasteiger charge is -2.15. The molecule has 2 aliphatic rings. The van der Waals surface area contributed by atoms with Crippen LogP contribution in [0.25, 0.3) is 0 Å². The molecule has 13 heteroatoms. The molecular weight excluding hydrogens is 580 g/mol. The standard InChI is InChI=1S/C30H18N2O10S/c33-25-21-11-1-15(29(37)38)13-23(21)27(35)31(25)17-3-7-19(8-4-17)43(41,42)20-9-5-18(6-10-20)32-26(34)22-12-2-16(30(39)40)14-24(22)28(32)36/h1-14,29,37-38H,(H,39,40). The van der Waals surface area contributed by atoms with Crippen LogP contribution in [0.15, 0.2) is 94.7 Å². The van der Waals surface area contributed by atoms with Gasteiger partial charge in [0.1, 0.15) is 0 Å². The minimum atomic E-state index is -4.11. The Bertz CT molecular complexity index is 2020. The second kappa shape index (κ2) is 9.80. The predicted octanol–water partition coefficient (Wildman–Crippen LogP) is 2.80. The van der Waals surface area contributed by atoms with Crippen molar-refractivity contribution in [1.29, 1.82) is 0 Å². The number of sulfone groups is 1. The second-order valence-electron chi connectivity index (χ2n) is 9.63. The first-order valence-corrected chi connectivity index (χ1v) is 14.0.